The van der Waals surface area contributed by atoms with Gasteiger partial charge in [0.1, 0.15) is 11.6 Å². The van der Waals surface area contributed by atoms with E-state index in [2.05, 4.69) is 15.6 Å². The Labute approximate surface area is 134 Å². The molecule has 1 heterocycles. The van der Waals surface area contributed by atoms with Gasteiger partial charge >= 0.3 is 0 Å². The molecule has 0 aliphatic carbocycles. The molecular weight excluding hydrogens is 291 g/mol. The molecule has 2 aromatic carbocycles. The molecule has 0 saturated carbocycles. The van der Waals surface area contributed by atoms with E-state index in [4.69, 9.17) is 4.74 Å². The summed E-state index contributed by atoms with van der Waals surface area (Å²) in [5.41, 5.74) is 3.88. The van der Waals surface area contributed by atoms with Crippen LogP contribution in [0.3, 0.4) is 0 Å². The van der Waals surface area contributed by atoms with Gasteiger partial charge < -0.3 is 9.30 Å². The Bertz CT molecular complexity index is 818. The smallest absolute Gasteiger partial charge is 0.123 e. The third kappa shape index (κ3) is 3.48. The summed E-state index contributed by atoms with van der Waals surface area (Å²) in [7, 11) is 1.65. The van der Waals surface area contributed by atoms with Gasteiger partial charge in [-0.1, -0.05) is 0 Å². The van der Waals surface area contributed by atoms with Gasteiger partial charge in [-0.15, -0.1) is 0 Å². The molecule has 0 saturated heterocycles. The molecule has 0 radical (unpaired) electrons. The molecule has 4 heteroatoms. The SMILES string of the molecule is COc1ccc(-n2cc(C=Nc3ccc(F)cc3)cc2C)cc1. The summed E-state index contributed by atoms with van der Waals surface area (Å²) in [6.07, 6.45) is 3.80. The third-order valence-corrected chi connectivity index (χ3v) is 3.57. The van der Waals surface area contributed by atoms with Crippen LogP contribution in [0.1, 0.15) is 11.3 Å². The van der Waals surface area contributed by atoms with E-state index in [1.807, 2.05) is 37.4 Å². The fourth-order valence-corrected chi connectivity index (χ4v) is 2.37. The van der Waals surface area contributed by atoms with Crippen molar-refractivity contribution in [1.29, 1.82) is 0 Å². The number of halogens is 1. The number of rotatable bonds is 4. The van der Waals surface area contributed by atoms with Crippen molar-refractivity contribution in [2.24, 2.45) is 4.99 Å². The normalized spacial score (nSPS) is 11.1. The molecule has 1 aromatic heterocycles. The van der Waals surface area contributed by atoms with Gasteiger partial charge in [0.2, 0.25) is 0 Å². The highest BCUT2D eigenvalue weighted by atomic mass is 19.1. The number of aliphatic imine (C=N–C) groups is 1. The van der Waals surface area contributed by atoms with E-state index < -0.39 is 0 Å². The molecule has 3 rings (SSSR count). The zero-order chi connectivity index (χ0) is 16.2. The van der Waals surface area contributed by atoms with Crippen LogP contribution in [0.5, 0.6) is 5.75 Å². The number of ether oxygens (including phenoxy) is 1. The Morgan fingerprint density at radius 2 is 1.74 bits per heavy atom. The largest absolute Gasteiger partial charge is 0.497 e. The van der Waals surface area contributed by atoms with E-state index in [-0.39, 0.29) is 5.82 Å². The average molecular weight is 308 g/mol. The number of methoxy groups -OCH3 is 1. The monoisotopic (exact) mass is 308 g/mol. The summed E-state index contributed by atoms with van der Waals surface area (Å²) in [6, 6.07) is 16.0. The first-order chi connectivity index (χ1) is 11.2. The van der Waals surface area contributed by atoms with Crippen LogP contribution < -0.4 is 4.74 Å². The lowest BCUT2D eigenvalue weighted by Gasteiger charge is -2.06. The molecule has 116 valence electrons. The van der Waals surface area contributed by atoms with Crippen LogP contribution in [-0.2, 0) is 0 Å². The maximum absolute atomic E-state index is 12.9. The molecule has 3 nitrogen and oxygen atoms in total. The van der Waals surface area contributed by atoms with Gasteiger partial charge in [0, 0.05) is 29.4 Å². The van der Waals surface area contributed by atoms with Crippen LogP contribution in [0.2, 0.25) is 0 Å². The second-order valence-electron chi connectivity index (χ2n) is 5.22. The first kappa shape index (κ1) is 15.0. The Balaban J connectivity index is 1.83. The van der Waals surface area contributed by atoms with E-state index in [9.17, 15) is 4.39 Å². The highest BCUT2D eigenvalue weighted by molar-refractivity contribution is 5.82. The molecular formula is C19H17FN2O. The summed E-state index contributed by atoms with van der Waals surface area (Å²) in [6.45, 7) is 2.04. The first-order valence-corrected chi connectivity index (χ1v) is 7.29. The van der Waals surface area contributed by atoms with Crippen LogP contribution in [-0.4, -0.2) is 17.9 Å². The number of benzene rings is 2. The van der Waals surface area contributed by atoms with Crippen molar-refractivity contribution >= 4 is 11.9 Å². The fraction of sp³-hybridized carbons (Fsp3) is 0.105. The van der Waals surface area contributed by atoms with Crippen LogP contribution in [0.4, 0.5) is 10.1 Å². The predicted octanol–water partition coefficient (Wildman–Crippen LogP) is 4.68. The van der Waals surface area contributed by atoms with Crippen molar-refractivity contribution in [3.63, 3.8) is 0 Å². The summed E-state index contributed by atoms with van der Waals surface area (Å²) in [5, 5.41) is 0. The Hall–Kier alpha value is -2.88. The highest BCUT2D eigenvalue weighted by Crippen LogP contribution is 2.19. The quantitative estimate of drug-likeness (QED) is 0.643. The molecule has 0 unspecified atom stereocenters. The molecule has 3 aromatic rings. The van der Waals surface area contributed by atoms with Gasteiger partial charge in [-0.3, -0.25) is 4.99 Å². The maximum Gasteiger partial charge on any atom is 0.123 e. The molecule has 0 fully saturated rings. The van der Waals surface area contributed by atoms with Gasteiger partial charge in [-0.05, 0) is 61.5 Å². The number of nitrogens with zero attached hydrogens (tertiary/aromatic N) is 2. The summed E-state index contributed by atoms with van der Waals surface area (Å²) in [5.74, 6) is 0.571. The Kier molecular flexibility index (Phi) is 4.24. The molecule has 0 bridgehead atoms. The minimum absolute atomic E-state index is 0.259. The van der Waals surface area contributed by atoms with Crippen molar-refractivity contribution in [2.45, 2.75) is 6.92 Å². The summed E-state index contributed by atoms with van der Waals surface area (Å²) in [4.78, 5) is 4.37. The van der Waals surface area contributed by atoms with Gasteiger partial charge in [0.15, 0.2) is 0 Å². The van der Waals surface area contributed by atoms with E-state index in [0.717, 1.165) is 28.4 Å². The first-order valence-electron chi connectivity index (χ1n) is 7.29. The predicted molar refractivity (Wildman–Crippen MR) is 90.7 cm³/mol. The fourth-order valence-electron chi connectivity index (χ4n) is 2.37. The molecule has 0 spiro atoms. The van der Waals surface area contributed by atoms with Crippen molar-refractivity contribution in [3.05, 3.63) is 77.9 Å². The highest BCUT2D eigenvalue weighted by Gasteiger charge is 2.03. The number of hydrogen-bond donors (Lipinski definition) is 0. The van der Waals surface area contributed by atoms with E-state index in [1.165, 1.54) is 12.1 Å². The summed E-state index contributed by atoms with van der Waals surface area (Å²) < 4.78 is 20.2. The minimum Gasteiger partial charge on any atom is -0.497 e. The van der Waals surface area contributed by atoms with Crippen LogP contribution in [0.25, 0.3) is 5.69 Å². The van der Waals surface area contributed by atoms with E-state index in [0.29, 0.717) is 0 Å². The molecule has 0 atom stereocenters. The molecule has 0 amide bonds. The van der Waals surface area contributed by atoms with Crippen LogP contribution >= 0.6 is 0 Å². The molecule has 23 heavy (non-hydrogen) atoms. The van der Waals surface area contributed by atoms with Gasteiger partial charge in [-0.2, -0.15) is 0 Å². The second kappa shape index (κ2) is 6.48. The average Bonchev–Trinajstić information content (AvgIpc) is 2.95. The lowest BCUT2D eigenvalue weighted by molar-refractivity contribution is 0.414. The van der Waals surface area contributed by atoms with Crippen molar-refractivity contribution in [2.75, 3.05) is 7.11 Å². The van der Waals surface area contributed by atoms with E-state index in [1.54, 1.807) is 25.5 Å². The number of aromatic nitrogens is 1. The summed E-state index contributed by atoms with van der Waals surface area (Å²) >= 11 is 0. The minimum atomic E-state index is -0.259. The molecule has 0 N–H and O–H groups in total. The van der Waals surface area contributed by atoms with Gasteiger partial charge in [0.25, 0.3) is 0 Å². The topological polar surface area (TPSA) is 26.5 Å². The van der Waals surface area contributed by atoms with Gasteiger partial charge in [0.05, 0.1) is 12.8 Å². The van der Waals surface area contributed by atoms with Crippen LogP contribution in [0.15, 0.2) is 65.8 Å². The standard InChI is InChI=1S/C19H17FN2O/c1-14-11-15(12-21-17-5-3-16(20)4-6-17)13-22(14)18-7-9-19(23-2)10-8-18/h3-13H,1-2H3. The molecule has 0 aliphatic heterocycles. The van der Waals surface area contributed by atoms with Crippen molar-refractivity contribution in [3.8, 4) is 11.4 Å². The maximum atomic E-state index is 12.9. The third-order valence-electron chi connectivity index (χ3n) is 3.57. The zero-order valence-electron chi connectivity index (χ0n) is 13.0. The number of hydrogen-bond acceptors (Lipinski definition) is 2. The lowest BCUT2D eigenvalue weighted by atomic mass is 10.3. The second-order valence-corrected chi connectivity index (χ2v) is 5.22. The van der Waals surface area contributed by atoms with Crippen molar-refractivity contribution < 1.29 is 9.13 Å². The Morgan fingerprint density at radius 3 is 2.39 bits per heavy atom. The van der Waals surface area contributed by atoms with Gasteiger partial charge in [-0.25, -0.2) is 4.39 Å². The van der Waals surface area contributed by atoms with E-state index >= 15 is 0 Å². The Morgan fingerprint density at radius 1 is 1.04 bits per heavy atom. The zero-order valence-corrected chi connectivity index (χ0v) is 13.0. The lowest BCUT2D eigenvalue weighted by Crippen LogP contribution is -1.94. The van der Waals surface area contributed by atoms with Crippen molar-refractivity contribution in [1.82, 2.24) is 4.57 Å². The van der Waals surface area contributed by atoms with Crippen LogP contribution in [0, 0.1) is 12.7 Å². The molecule has 0 aliphatic rings. The number of aryl methyl sites for hydroxylation is 1.